The smallest absolute Gasteiger partial charge is 0.0580 e. The Bertz CT molecular complexity index is 281. The zero-order valence-electron chi connectivity index (χ0n) is 13.9. The topological polar surface area (TPSA) is 23.5 Å². The summed E-state index contributed by atoms with van der Waals surface area (Å²) in [5.74, 6) is 2.27. The van der Waals surface area contributed by atoms with Crippen molar-refractivity contribution in [3.8, 4) is 0 Å². The van der Waals surface area contributed by atoms with Crippen LogP contribution in [-0.4, -0.2) is 35.7 Å². The Morgan fingerprint density at radius 3 is 2.60 bits per heavy atom. The molecule has 0 amide bonds. The van der Waals surface area contributed by atoms with E-state index in [1.807, 2.05) is 0 Å². The Morgan fingerprint density at radius 2 is 1.90 bits per heavy atom. The summed E-state index contributed by atoms with van der Waals surface area (Å²) < 4.78 is 0. The first kappa shape index (κ1) is 16.3. The molecule has 2 heteroatoms. The van der Waals surface area contributed by atoms with Crippen LogP contribution in [0.3, 0.4) is 0 Å². The first-order chi connectivity index (χ1) is 9.60. The summed E-state index contributed by atoms with van der Waals surface area (Å²) in [6.45, 7) is 5.79. The van der Waals surface area contributed by atoms with Crippen LogP contribution in [0.1, 0.15) is 71.6 Å². The van der Waals surface area contributed by atoms with Crippen LogP contribution in [0.15, 0.2) is 0 Å². The van der Waals surface area contributed by atoms with E-state index in [2.05, 4.69) is 25.8 Å². The van der Waals surface area contributed by atoms with Crippen LogP contribution >= 0.6 is 0 Å². The van der Waals surface area contributed by atoms with E-state index in [4.69, 9.17) is 0 Å². The summed E-state index contributed by atoms with van der Waals surface area (Å²) in [7, 11) is 2.29. The lowest BCUT2D eigenvalue weighted by molar-refractivity contribution is 0.0178. The summed E-state index contributed by atoms with van der Waals surface area (Å²) in [5, 5.41) is 10.3. The van der Waals surface area contributed by atoms with Gasteiger partial charge >= 0.3 is 0 Å². The molecule has 1 N–H and O–H groups in total. The van der Waals surface area contributed by atoms with Gasteiger partial charge < -0.3 is 10.0 Å². The molecule has 2 nitrogen and oxygen atoms in total. The van der Waals surface area contributed by atoms with Gasteiger partial charge in [0, 0.05) is 12.6 Å². The summed E-state index contributed by atoms with van der Waals surface area (Å²) in [6, 6.07) is 0.762. The third kappa shape index (κ3) is 4.46. The predicted octanol–water partition coefficient (Wildman–Crippen LogP) is 4.07. The lowest BCUT2D eigenvalue weighted by Gasteiger charge is -2.40. The number of nitrogens with zero attached hydrogens (tertiary/aromatic N) is 1. The fourth-order valence-electron chi connectivity index (χ4n) is 4.53. The molecule has 20 heavy (non-hydrogen) atoms. The Morgan fingerprint density at radius 1 is 1.10 bits per heavy atom. The second-order valence-electron chi connectivity index (χ2n) is 7.66. The Hall–Kier alpha value is -0.0800. The van der Waals surface area contributed by atoms with Crippen LogP contribution in [0.5, 0.6) is 0 Å². The molecule has 5 atom stereocenters. The fraction of sp³-hybridized carbons (Fsp3) is 1.00. The van der Waals surface area contributed by atoms with E-state index in [0.29, 0.717) is 5.92 Å². The maximum absolute atomic E-state index is 10.3. The van der Waals surface area contributed by atoms with Gasteiger partial charge in [0.2, 0.25) is 0 Å². The molecule has 0 aromatic carbocycles. The monoisotopic (exact) mass is 281 g/mol. The molecule has 0 bridgehead atoms. The highest BCUT2D eigenvalue weighted by Crippen LogP contribution is 2.34. The molecule has 0 heterocycles. The third-order valence-corrected chi connectivity index (χ3v) is 5.80. The van der Waals surface area contributed by atoms with Crippen LogP contribution in [0, 0.1) is 17.8 Å². The molecule has 5 unspecified atom stereocenters. The van der Waals surface area contributed by atoms with Gasteiger partial charge in [0.25, 0.3) is 0 Å². The van der Waals surface area contributed by atoms with Crippen LogP contribution in [0.2, 0.25) is 0 Å². The van der Waals surface area contributed by atoms with E-state index in [9.17, 15) is 5.11 Å². The lowest BCUT2D eigenvalue weighted by Crippen LogP contribution is -2.43. The number of hydrogen-bond donors (Lipinski definition) is 1. The van der Waals surface area contributed by atoms with Gasteiger partial charge in [-0.25, -0.2) is 0 Å². The van der Waals surface area contributed by atoms with Crippen molar-refractivity contribution >= 4 is 0 Å². The highest BCUT2D eigenvalue weighted by atomic mass is 16.3. The van der Waals surface area contributed by atoms with E-state index in [1.165, 1.54) is 51.4 Å². The van der Waals surface area contributed by atoms with Gasteiger partial charge in [-0.05, 0) is 56.9 Å². The van der Waals surface area contributed by atoms with Gasteiger partial charge in [-0.15, -0.1) is 0 Å². The second kappa shape index (κ2) is 7.79. The largest absolute Gasteiger partial charge is 0.393 e. The van der Waals surface area contributed by atoms with Gasteiger partial charge in [-0.3, -0.25) is 0 Å². The Balaban J connectivity index is 1.83. The average molecular weight is 281 g/mol. The third-order valence-electron chi connectivity index (χ3n) is 5.80. The molecule has 2 aliphatic rings. The molecule has 0 aliphatic heterocycles. The molecule has 118 valence electrons. The molecule has 0 aromatic heterocycles. The van der Waals surface area contributed by atoms with Crippen LogP contribution in [-0.2, 0) is 0 Å². The maximum atomic E-state index is 10.3. The molecule has 0 saturated heterocycles. The Labute approximate surface area is 125 Å². The SMILES string of the molecule is CCCC1CCC(O)C(CN(C)C2CCCC(C)C2)C1. The standard InChI is InChI=1S/C18H35NO/c1-4-6-15-9-10-18(20)16(12-15)13-19(3)17-8-5-7-14(2)11-17/h14-18,20H,4-13H2,1-3H3. The van der Waals surface area contributed by atoms with E-state index >= 15 is 0 Å². The normalized spacial score (nSPS) is 39.1. The van der Waals surface area contributed by atoms with Crippen molar-refractivity contribution in [2.45, 2.75) is 83.8 Å². The van der Waals surface area contributed by atoms with Gasteiger partial charge in [0.05, 0.1) is 6.10 Å². The molecule has 0 spiro atoms. The summed E-state index contributed by atoms with van der Waals surface area (Å²) in [6.07, 6.45) is 11.7. The fourth-order valence-corrected chi connectivity index (χ4v) is 4.53. The molecular formula is C18H35NO. The average Bonchev–Trinajstić information content (AvgIpc) is 2.43. The van der Waals surface area contributed by atoms with Crippen LogP contribution in [0.25, 0.3) is 0 Å². The van der Waals surface area contributed by atoms with Crippen molar-refractivity contribution in [2.24, 2.45) is 17.8 Å². The van der Waals surface area contributed by atoms with Crippen molar-refractivity contribution in [3.05, 3.63) is 0 Å². The minimum absolute atomic E-state index is 0.0495. The van der Waals surface area contributed by atoms with Gasteiger partial charge in [-0.1, -0.05) is 39.5 Å². The molecular weight excluding hydrogens is 246 g/mol. The van der Waals surface area contributed by atoms with Crippen molar-refractivity contribution < 1.29 is 5.11 Å². The minimum atomic E-state index is -0.0495. The zero-order valence-corrected chi connectivity index (χ0v) is 13.9. The van der Waals surface area contributed by atoms with Crippen LogP contribution < -0.4 is 0 Å². The summed E-state index contributed by atoms with van der Waals surface area (Å²) in [5.41, 5.74) is 0. The van der Waals surface area contributed by atoms with Gasteiger partial charge in [0.15, 0.2) is 0 Å². The van der Waals surface area contributed by atoms with E-state index in [0.717, 1.165) is 30.8 Å². The quantitative estimate of drug-likeness (QED) is 0.821. The first-order valence-corrected chi connectivity index (χ1v) is 8.98. The molecule has 2 fully saturated rings. The van der Waals surface area contributed by atoms with Crippen molar-refractivity contribution in [1.82, 2.24) is 4.90 Å². The predicted molar refractivity (Wildman–Crippen MR) is 85.8 cm³/mol. The number of rotatable bonds is 5. The van der Waals surface area contributed by atoms with Gasteiger partial charge in [-0.2, -0.15) is 0 Å². The molecule has 0 aromatic rings. The van der Waals surface area contributed by atoms with Crippen molar-refractivity contribution in [2.75, 3.05) is 13.6 Å². The van der Waals surface area contributed by atoms with E-state index in [1.54, 1.807) is 0 Å². The number of aliphatic hydroxyl groups excluding tert-OH is 1. The maximum Gasteiger partial charge on any atom is 0.0580 e. The molecule has 2 saturated carbocycles. The summed E-state index contributed by atoms with van der Waals surface area (Å²) >= 11 is 0. The minimum Gasteiger partial charge on any atom is -0.393 e. The number of aliphatic hydroxyl groups is 1. The number of hydrogen-bond acceptors (Lipinski definition) is 2. The van der Waals surface area contributed by atoms with Crippen LogP contribution in [0.4, 0.5) is 0 Å². The lowest BCUT2D eigenvalue weighted by atomic mass is 9.77. The Kier molecular flexibility index (Phi) is 6.35. The van der Waals surface area contributed by atoms with E-state index in [-0.39, 0.29) is 6.10 Å². The summed E-state index contributed by atoms with van der Waals surface area (Å²) in [4.78, 5) is 2.57. The second-order valence-corrected chi connectivity index (χ2v) is 7.66. The highest BCUT2D eigenvalue weighted by molar-refractivity contribution is 4.84. The highest BCUT2D eigenvalue weighted by Gasteiger charge is 2.31. The molecule has 0 radical (unpaired) electrons. The first-order valence-electron chi connectivity index (χ1n) is 8.98. The van der Waals surface area contributed by atoms with Crippen molar-refractivity contribution in [3.63, 3.8) is 0 Å². The molecule has 2 aliphatic carbocycles. The van der Waals surface area contributed by atoms with Gasteiger partial charge in [0.1, 0.15) is 0 Å². The van der Waals surface area contributed by atoms with E-state index < -0.39 is 0 Å². The van der Waals surface area contributed by atoms with Crippen molar-refractivity contribution in [1.29, 1.82) is 0 Å². The zero-order chi connectivity index (χ0) is 14.5. The molecule has 2 rings (SSSR count).